The van der Waals surface area contributed by atoms with Gasteiger partial charge < -0.3 is 20.1 Å². The van der Waals surface area contributed by atoms with E-state index >= 15 is 0 Å². The Balaban J connectivity index is 1.42. The monoisotopic (exact) mass is 458 g/mol. The highest BCUT2D eigenvalue weighted by molar-refractivity contribution is 5.92. The molecule has 0 saturated carbocycles. The highest BCUT2D eigenvalue weighted by Gasteiger charge is 2.22. The Hall–Kier alpha value is -3.17. The lowest BCUT2D eigenvalue weighted by Gasteiger charge is -2.34. The van der Waals surface area contributed by atoms with Crippen LogP contribution in [-0.4, -0.2) is 75.1 Å². The quantitative estimate of drug-likeness (QED) is 0.600. The molecule has 2 amide bonds. The molecular formula is C24H31FN4O4. The number of hydrogen-bond acceptors (Lipinski definition) is 6. The van der Waals surface area contributed by atoms with Crippen molar-refractivity contribution in [3.8, 4) is 11.5 Å². The number of benzene rings is 2. The van der Waals surface area contributed by atoms with Gasteiger partial charge in [-0.2, -0.15) is 0 Å². The first kappa shape index (κ1) is 24.5. The van der Waals surface area contributed by atoms with Crippen LogP contribution >= 0.6 is 0 Å². The van der Waals surface area contributed by atoms with Gasteiger partial charge >= 0.3 is 0 Å². The van der Waals surface area contributed by atoms with Crippen LogP contribution in [0.3, 0.4) is 0 Å². The first-order chi connectivity index (χ1) is 15.9. The summed E-state index contributed by atoms with van der Waals surface area (Å²) in [5.41, 5.74) is 1.42. The number of ether oxygens (including phenoxy) is 2. The van der Waals surface area contributed by atoms with Gasteiger partial charge in [0.15, 0.2) is 0 Å². The molecule has 0 radical (unpaired) electrons. The first-order valence-corrected chi connectivity index (χ1v) is 10.9. The summed E-state index contributed by atoms with van der Waals surface area (Å²) in [6.07, 6.45) is 0. The number of rotatable bonds is 9. The van der Waals surface area contributed by atoms with Crippen LogP contribution in [0, 0.1) is 5.82 Å². The Labute approximate surface area is 193 Å². The van der Waals surface area contributed by atoms with Gasteiger partial charge in [0.25, 0.3) is 0 Å². The van der Waals surface area contributed by atoms with E-state index in [1.54, 1.807) is 14.2 Å². The van der Waals surface area contributed by atoms with Crippen molar-refractivity contribution >= 4 is 17.5 Å². The van der Waals surface area contributed by atoms with Gasteiger partial charge in [-0.25, -0.2) is 4.39 Å². The zero-order chi connectivity index (χ0) is 23.8. The number of anilines is 1. The van der Waals surface area contributed by atoms with Crippen molar-refractivity contribution in [2.45, 2.75) is 13.0 Å². The molecule has 8 nitrogen and oxygen atoms in total. The third-order valence-corrected chi connectivity index (χ3v) is 5.61. The Morgan fingerprint density at radius 1 is 0.939 bits per heavy atom. The molecule has 178 valence electrons. The van der Waals surface area contributed by atoms with Crippen LogP contribution in [0.5, 0.6) is 11.5 Å². The highest BCUT2D eigenvalue weighted by atomic mass is 19.1. The van der Waals surface area contributed by atoms with E-state index in [9.17, 15) is 14.0 Å². The van der Waals surface area contributed by atoms with Gasteiger partial charge in [0, 0.05) is 37.4 Å². The summed E-state index contributed by atoms with van der Waals surface area (Å²) in [6, 6.07) is 10.9. The SMILES string of the molecule is COc1ccc(OC)c([C@@H](C)NC(=O)CN2CCN(CC(=O)Nc3ccc(F)cc3)CC2)c1. The fourth-order valence-electron chi connectivity index (χ4n) is 3.79. The Kier molecular flexibility index (Phi) is 8.62. The lowest BCUT2D eigenvalue weighted by atomic mass is 10.1. The fraction of sp³-hybridized carbons (Fsp3) is 0.417. The summed E-state index contributed by atoms with van der Waals surface area (Å²) in [4.78, 5) is 28.9. The van der Waals surface area contributed by atoms with Gasteiger partial charge in [0.1, 0.15) is 17.3 Å². The van der Waals surface area contributed by atoms with Crippen molar-refractivity contribution in [2.75, 3.05) is 58.8 Å². The molecule has 0 bridgehead atoms. The van der Waals surface area contributed by atoms with Crippen LogP contribution in [0.25, 0.3) is 0 Å². The molecule has 1 saturated heterocycles. The molecule has 1 heterocycles. The number of halogens is 1. The van der Waals surface area contributed by atoms with Gasteiger partial charge in [-0.15, -0.1) is 0 Å². The number of carbonyl (C=O) groups is 2. The van der Waals surface area contributed by atoms with Gasteiger partial charge in [-0.3, -0.25) is 19.4 Å². The van der Waals surface area contributed by atoms with E-state index in [2.05, 4.69) is 15.5 Å². The third kappa shape index (κ3) is 7.16. The van der Waals surface area contributed by atoms with Crippen LogP contribution in [-0.2, 0) is 9.59 Å². The molecule has 2 N–H and O–H groups in total. The van der Waals surface area contributed by atoms with E-state index in [4.69, 9.17) is 9.47 Å². The van der Waals surface area contributed by atoms with Crippen molar-refractivity contribution in [1.29, 1.82) is 0 Å². The molecule has 1 fully saturated rings. The van der Waals surface area contributed by atoms with Crippen molar-refractivity contribution in [2.24, 2.45) is 0 Å². The molecule has 1 atom stereocenters. The number of amides is 2. The van der Waals surface area contributed by atoms with E-state index in [1.165, 1.54) is 24.3 Å². The maximum absolute atomic E-state index is 13.0. The van der Waals surface area contributed by atoms with Crippen LogP contribution in [0.15, 0.2) is 42.5 Å². The number of nitrogens with one attached hydrogen (secondary N) is 2. The largest absolute Gasteiger partial charge is 0.497 e. The number of methoxy groups -OCH3 is 2. The molecule has 2 aromatic rings. The number of hydrogen-bond donors (Lipinski definition) is 2. The van der Waals surface area contributed by atoms with Gasteiger partial charge in [-0.05, 0) is 49.4 Å². The molecule has 0 unspecified atom stereocenters. The minimum absolute atomic E-state index is 0.0742. The topological polar surface area (TPSA) is 83.1 Å². The molecule has 9 heteroatoms. The van der Waals surface area contributed by atoms with Crippen LogP contribution < -0.4 is 20.1 Å². The summed E-state index contributed by atoms with van der Waals surface area (Å²) in [7, 11) is 3.19. The summed E-state index contributed by atoms with van der Waals surface area (Å²) in [5.74, 6) is 0.830. The van der Waals surface area contributed by atoms with Crippen molar-refractivity contribution in [1.82, 2.24) is 15.1 Å². The summed E-state index contributed by atoms with van der Waals surface area (Å²) in [6.45, 7) is 5.19. The second kappa shape index (κ2) is 11.6. The second-order valence-corrected chi connectivity index (χ2v) is 8.00. The highest BCUT2D eigenvalue weighted by Crippen LogP contribution is 2.29. The van der Waals surface area contributed by atoms with Crippen molar-refractivity contribution < 1.29 is 23.5 Å². The standard InChI is InChI=1S/C24H31FN4O4/c1-17(21-14-20(32-2)8-9-22(21)33-3)26-23(30)15-28-10-12-29(13-11-28)16-24(31)27-19-6-4-18(25)5-7-19/h4-9,14,17H,10-13,15-16H2,1-3H3,(H,26,30)(H,27,31)/t17-/m1/s1. The average molecular weight is 459 g/mol. The van der Waals surface area contributed by atoms with E-state index in [0.717, 1.165) is 5.56 Å². The number of nitrogens with zero attached hydrogens (tertiary/aromatic N) is 2. The normalized spacial score (nSPS) is 15.5. The zero-order valence-corrected chi connectivity index (χ0v) is 19.3. The summed E-state index contributed by atoms with van der Waals surface area (Å²) in [5, 5.41) is 5.79. The van der Waals surface area contributed by atoms with Crippen LogP contribution in [0.2, 0.25) is 0 Å². The van der Waals surface area contributed by atoms with Crippen LogP contribution in [0.4, 0.5) is 10.1 Å². The lowest BCUT2D eigenvalue weighted by molar-refractivity contribution is -0.124. The smallest absolute Gasteiger partial charge is 0.238 e. The summed E-state index contributed by atoms with van der Waals surface area (Å²) < 4.78 is 23.7. The van der Waals surface area contributed by atoms with Gasteiger partial charge in [0.05, 0.1) is 33.4 Å². The molecule has 33 heavy (non-hydrogen) atoms. The van der Waals surface area contributed by atoms with Gasteiger partial charge in [0.2, 0.25) is 11.8 Å². The number of carbonyl (C=O) groups excluding carboxylic acids is 2. The molecule has 1 aliphatic heterocycles. The Morgan fingerprint density at radius 3 is 2.12 bits per heavy atom. The number of piperazine rings is 1. The second-order valence-electron chi connectivity index (χ2n) is 8.00. The maximum atomic E-state index is 13.0. The first-order valence-electron chi connectivity index (χ1n) is 10.9. The predicted octanol–water partition coefficient (Wildman–Crippen LogP) is 2.28. The third-order valence-electron chi connectivity index (χ3n) is 5.61. The van der Waals surface area contributed by atoms with Crippen LogP contribution in [0.1, 0.15) is 18.5 Å². The molecule has 0 aliphatic carbocycles. The maximum Gasteiger partial charge on any atom is 0.238 e. The minimum atomic E-state index is -0.342. The summed E-state index contributed by atoms with van der Waals surface area (Å²) >= 11 is 0. The fourth-order valence-corrected chi connectivity index (χ4v) is 3.79. The van der Waals surface area contributed by atoms with Crippen molar-refractivity contribution in [3.05, 3.63) is 53.8 Å². The minimum Gasteiger partial charge on any atom is -0.497 e. The predicted molar refractivity (Wildman–Crippen MR) is 124 cm³/mol. The molecule has 0 spiro atoms. The molecule has 2 aromatic carbocycles. The molecule has 1 aliphatic rings. The molecule has 3 rings (SSSR count). The average Bonchev–Trinajstić information content (AvgIpc) is 2.81. The van der Waals surface area contributed by atoms with E-state index in [1.807, 2.05) is 30.0 Å². The molecule has 0 aromatic heterocycles. The van der Waals surface area contributed by atoms with Gasteiger partial charge in [-0.1, -0.05) is 0 Å². The molecular weight excluding hydrogens is 427 g/mol. The van der Waals surface area contributed by atoms with E-state index < -0.39 is 0 Å². The Bertz CT molecular complexity index is 946. The lowest BCUT2D eigenvalue weighted by Crippen LogP contribution is -2.51. The van der Waals surface area contributed by atoms with E-state index in [-0.39, 0.29) is 36.8 Å². The van der Waals surface area contributed by atoms with E-state index in [0.29, 0.717) is 43.4 Å². The zero-order valence-electron chi connectivity index (χ0n) is 19.3. The Morgan fingerprint density at radius 2 is 1.55 bits per heavy atom. The van der Waals surface area contributed by atoms with Crippen molar-refractivity contribution in [3.63, 3.8) is 0 Å².